The number of nitrogens with zero attached hydrogens (tertiary/aromatic N) is 3. The Morgan fingerprint density at radius 1 is 0.671 bits per heavy atom. The van der Waals surface area contributed by atoms with Crippen molar-refractivity contribution in [1.29, 1.82) is 0 Å². The number of thiol groups is 1. The number of thioether (sulfide) groups is 2. The maximum absolute atomic E-state index is 12.2. The van der Waals surface area contributed by atoms with Crippen LogP contribution >= 0.6 is 79.6 Å². The zero-order valence-electron chi connectivity index (χ0n) is 41.1. The van der Waals surface area contributed by atoms with Gasteiger partial charge in [-0.3, -0.25) is 0 Å². The Hall–Kier alpha value is -3.19. The summed E-state index contributed by atoms with van der Waals surface area (Å²) in [6.07, 6.45) is 15.4. The second-order valence-corrected chi connectivity index (χ2v) is 23.9. The van der Waals surface area contributed by atoms with Gasteiger partial charge in [0.1, 0.15) is 16.8 Å². The first-order chi connectivity index (χ1) is 32.0. The van der Waals surface area contributed by atoms with E-state index < -0.39 is 16.8 Å². The fourth-order valence-electron chi connectivity index (χ4n) is 7.03. The molecule has 0 unspecified atom stereocenters. The Labute approximate surface area is 457 Å². The van der Waals surface area contributed by atoms with Gasteiger partial charge in [0.15, 0.2) is 0 Å². The third-order valence-corrected chi connectivity index (χ3v) is 15.7. The van der Waals surface area contributed by atoms with E-state index >= 15 is 0 Å². The largest absolute Gasteiger partial charge is 0.444 e. The minimum absolute atomic E-state index is 0. The number of amides is 3. The van der Waals surface area contributed by atoms with Gasteiger partial charge in [0.2, 0.25) is 0 Å². The van der Waals surface area contributed by atoms with Crippen molar-refractivity contribution in [2.75, 3.05) is 56.7 Å². The number of likely N-dealkylation sites (tertiary alicyclic amines) is 1. The van der Waals surface area contributed by atoms with Gasteiger partial charge in [-0.25, -0.2) is 14.4 Å². The van der Waals surface area contributed by atoms with Gasteiger partial charge in [-0.15, -0.1) is 60.6 Å². The molecule has 0 N–H and O–H groups in total. The summed E-state index contributed by atoms with van der Waals surface area (Å²) in [6.45, 7) is 21.3. The number of ether oxygens (including phenoxy) is 3. The number of halogens is 3. The first kappa shape index (κ1) is 64.8. The fraction of sp³-hybridized carbons (Fsp3) is 0.509. The molecule has 0 bridgehead atoms. The van der Waals surface area contributed by atoms with Crippen molar-refractivity contribution >= 4 is 97.9 Å². The Morgan fingerprint density at radius 2 is 1.11 bits per heavy atom. The van der Waals surface area contributed by atoms with Crippen molar-refractivity contribution in [2.24, 2.45) is 0 Å². The van der Waals surface area contributed by atoms with Crippen molar-refractivity contribution in [3.05, 3.63) is 111 Å². The number of piperidine rings is 1. The van der Waals surface area contributed by atoms with E-state index in [2.05, 4.69) is 99.8 Å². The van der Waals surface area contributed by atoms with Gasteiger partial charge in [-0.1, -0.05) is 80.6 Å². The van der Waals surface area contributed by atoms with E-state index in [9.17, 15) is 14.4 Å². The summed E-state index contributed by atoms with van der Waals surface area (Å²) in [4.78, 5) is 44.8. The lowest BCUT2D eigenvalue weighted by Crippen LogP contribution is -2.47. The topological polar surface area (TPSA) is 88.6 Å². The van der Waals surface area contributed by atoms with E-state index in [0.29, 0.717) is 25.5 Å². The van der Waals surface area contributed by atoms with Crippen LogP contribution in [0.5, 0.6) is 0 Å². The number of alkyl halides is 1. The van der Waals surface area contributed by atoms with Crippen LogP contribution in [0.25, 0.3) is 0 Å². The lowest BCUT2D eigenvalue weighted by Gasteiger charge is -2.39. The molecule has 388 valence electrons. The molecule has 4 aliphatic rings. The van der Waals surface area contributed by atoms with E-state index in [4.69, 9.17) is 25.8 Å². The zero-order chi connectivity index (χ0) is 50.7. The predicted molar refractivity (Wildman–Crippen MR) is 307 cm³/mol. The smallest absolute Gasteiger partial charge is 0.410 e. The predicted octanol–water partition coefficient (Wildman–Crippen LogP) is 16.2. The highest BCUT2D eigenvalue weighted by atomic mass is 79.9. The summed E-state index contributed by atoms with van der Waals surface area (Å²) in [5, 5.41) is 0. The fourth-order valence-corrected chi connectivity index (χ4v) is 10.8. The number of benzene rings is 3. The molecule has 3 amide bonds. The first-order valence-electron chi connectivity index (χ1n) is 22.7. The number of fused-ring (bicyclic) bond motifs is 2. The third kappa shape index (κ3) is 22.7. The van der Waals surface area contributed by atoms with Crippen LogP contribution in [0.3, 0.4) is 0 Å². The van der Waals surface area contributed by atoms with Gasteiger partial charge >= 0.3 is 18.3 Å². The van der Waals surface area contributed by atoms with Crippen LogP contribution in [0.4, 0.5) is 14.4 Å². The maximum Gasteiger partial charge on any atom is 0.410 e. The minimum atomic E-state index is -0.434. The van der Waals surface area contributed by atoms with Crippen molar-refractivity contribution in [1.82, 2.24) is 14.7 Å². The minimum Gasteiger partial charge on any atom is -0.444 e. The molecule has 4 heterocycles. The summed E-state index contributed by atoms with van der Waals surface area (Å²) in [5.74, 6) is 2.67. The lowest BCUT2D eigenvalue weighted by atomic mass is 9.74. The average Bonchev–Trinajstić information content (AvgIpc) is 3.64. The van der Waals surface area contributed by atoms with Crippen LogP contribution in [-0.4, -0.2) is 106 Å². The molecule has 1 spiro atoms. The molecule has 4 aliphatic heterocycles. The Balaban J connectivity index is 0.000000478. The van der Waals surface area contributed by atoms with E-state index in [-0.39, 0.29) is 38.5 Å². The zero-order valence-corrected chi connectivity index (χ0v) is 47.6. The van der Waals surface area contributed by atoms with Crippen LogP contribution in [0.1, 0.15) is 108 Å². The van der Waals surface area contributed by atoms with Gasteiger partial charge < -0.3 is 28.9 Å². The van der Waals surface area contributed by atoms with Crippen molar-refractivity contribution < 1.29 is 28.6 Å². The number of hydrogen-bond acceptors (Lipinski definition) is 9. The Kier molecular flexibility index (Phi) is 28.5. The summed E-state index contributed by atoms with van der Waals surface area (Å²) in [5.41, 5.74) is 3.07. The lowest BCUT2D eigenvalue weighted by molar-refractivity contribution is 0.0172. The molecule has 1 saturated heterocycles. The molecule has 3 aromatic rings. The molecule has 9 nitrogen and oxygen atoms in total. The first-order valence-corrected chi connectivity index (χ1v) is 27.2. The summed E-state index contributed by atoms with van der Waals surface area (Å²) < 4.78 is 18.3. The molecule has 1 fully saturated rings. The van der Waals surface area contributed by atoms with Gasteiger partial charge in [-0.05, 0) is 156 Å². The van der Waals surface area contributed by atoms with Crippen molar-refractivity contribution in [3.63, 3.8) is 0 Å². The van der Waals surface area contributed by atoms with Crippen LogP contribution in [0.2, 0.25) is 0 Å². The molecule has 3 aromatic carbocycles. The molecule has 0 atom stereocenters. The van der Waals surface area contributed by atoms with Gasteiger partial charge in [0.05, 0.1) is 0 Å². The number of carbonyl (C=O) groups is 3. The highest BCUT2D eigenvalue weighted by Gasteiger charge is 2.43. The average molecular weight is 1170 g/mol. The van der Waals surface area contributed by atoms with Crippen molar-refractivity contribution in [3.8, 4) is 12.8 Å². The van der Waals surface area contributed by atoms with E-state index in [1.54, 1.807) is 9.80 Å². The monoisotopic (exact) mass is 1170 g/mol. The van der Waals surface area contributed by atoms with E-state index in [0.717, 1.165) is 70.7 Å². The highest BCUT2D eigenvalue weighted by molar-refractivity contribution is 9.10. The number of rotatable bonds is 4. The van der Waals surface area contributed by atoms with Crippen molar-refractivity contribution in [2.45, 2.75) is 140 Å². The number of terminal acetylenes is 1. The second-order valence-electron chi connectivity index (χ2n) is 19.4. The molecule has 0 aliphatic carbocycles. The number of carbonyl (C=O) groups excluding carboxylic acids is 3. The molecule has 0 saturated carbocycles. The summed E-state index contributed by atoms with van der Waals surface area (Å²) in [6, 6.07) is 24.8. The molecule has 7 rings (SSSR count). The Morgan fingerprint density at radius 3 is 1.54 bits per heavy atom. The SMILES string of the molecule is C.C.C#C.CC(C)(C)OC(=O)N1CC=C(CCl)CC1.CC(C)(C)OC(=O)N1CC=C(CSc2ccccc2Br)CC1.CC(C)(C)OC(=O)N1CCC2(CC1)CSc1ccccc12.Sc1ccccc1Br. The van der Waals surface area contributed by atoms with Crippen LogP contribution in [0.15, 0.2) is 120 Å². The molecular formula is C55H78Br2ClN3O6S3. The van der Waals surface area contributed by atoms with E-state index in [1.807, 2.05) is 133 Å². The molecule has 0 radical (unpaired) electrons. The van der Waals surface area contributed by atoms with Crippen LogP contribution in [0, 0.1) is 12.8 Å². The molecule has 70 heavy (non-hydrogen) atoms. The molecule has 0 aromatic heterocycles. The van der Waals surface area contributed by atoms with Gasteiger partial charge in [-0.2, -0.15) is 0 Å². The molecule has 15 heteroatoms. The normalized spacial score (nSPS) is 15.8. The van der Waals surface area contributed by atoms with Crippen LogP contribution < -0.4 is 0 Å². The number of hydrogen-bond donors (Lipinski definition) is 1. The summed E-state index contributed by atoms with van der Waals surface area (Å²) in [7, 11) is 0. The van der Waals surface area contributed by atoms with Gasteiger partial charge in [0, 0.05) is 85.7 Å². The third-order valence-electron chi connectivity index (χ3n) is 10.5. The van der Waals surface area contributed by atoms with Gasteiger partial charge in [0.25, 0.3) is 0 Å². The highest BCUT2D eigenvalue weighted by Crippen LogP contribution is 2.49. The maximum atomic E-state index is 12.2. The standard InChI is InChI=1S/C17H22BrNO2S.C17H23NO2S.C11H18ClNO2.C6H5BrS.C2H2.2CH4/c1-17(2,3)21-16(20)19-10-8-13(9-11-19)12-22-15-7-5-4-6-14(15)18;1-16(2,3)20-15(19)18-10-8-17(9-11-18)12-21-14-7-5-4-6-13(14)17;1-11(2,3)15-10(14)13-6-4-9(8-12)5-7-13;7-5-3-1-2-4-6(5)8;1-2;;/h4-8H,9-12H2,1-3H3;4-7H,8-12H2,1-3H3;4H,5-8H2,1-3H3;1-4,8H;1-2H;2*1H4. The molecular weight excluding hydrogens is 1090 g/mol. The van der Waals surface area contributed by atoms with E-state index in [1.165, 1.54) is 26.5 Å². The second kappa shape index (κ2) is 30.8. The Bertz CT molecular complexity index is 2170. The summed E-state index contributed by atoms with van der Waals surface area (Å²) >= 11 is 20.5. The van der Waals surface area contributed by atoms with Crippen LogP contribution in [-0.2, 0) is 19.6 Å². The quantitative estimate of drug-likeness (QED) is 0.0690.